The van der Waals surface area contributed by atoms with Crippen molar-refractivity contribution in [2.75, 3.05) is 13.2 Å². The Hall–Kier alpha value is -0.903. The van der Waals surface area contributed by atoms with Crippen LogP contribution in [0.2, 0.25) is 12.6 Å². The van der Waals surface area contributed by atoms with E-state index in [1.54, 1.807) is 0 Å². The minimum atomic E-state index is -1.93. The molecule has 1 aromatic rings. The van der Waals surface area contributed by atoms with E-state index in [1.807, 2.05) is 13.0 Å². The van der Waals surface area contributed by atoms with Crippen LogP contribution in [0.3, 0.4) is 0 Å². The second-order valence-corrected chi connectivity index (χ2v) is 8.52. The highest BCUT2D eigenvalue weighted by Gasteiger charge is 2.29. The van der Waals surface area contributed by atoms with Crippen LogP contribution in [0.25, 0.3) is 6.08 Å². The fourth-order valence-corrected chi connectivity index (χ4v) is 4.92. The van der Waals surface area contributed by atoms with Crippen LogP contribution in [0.15, 0.2) is 30.8 Å². The monoisotopic (exact) mass is 292 g/mol. The van der Waals surface area contributed by atoms with Crippen LogP contribution in [-0.4, -0.2) is 21.8 Å². The van der Waals surface area contributed by atoms with Crippen molar-refractivity contribution in [1.29, 1.82) is 0 Å². The number of hydrogen-bond donors (Lipinski definition) is 0. The standard InChI is InChI=1S/C17H28O2Si/c1-5-15-20(4,18-7-3)19-14-10-13-17-12-9-8-11-16(17)6-2/h6,8-9,11-12H,2,5,7,10,13-15H2,1,3-4H3. The number of rotatable bonds is 10. The number of aryl methyl sites for hydroxylation is 1. The first-order valence-corrected chi connectivity index (χ1v) is 10.2. The second-order valence-electron chi connectivity index (χ2n) is 5.17. The van der Waals surface area contributed by atoms with Crippen LogP contribution in [-0.2, 0) is 15.3 Å². The summed E-state index contributed by atoms with van der Waals surface area (Å²) in [7, 11) is -1.93. The molecule has 1 aromatic carbocycles. The predicted molar refractivity (Wildman–Crippen MR) is 89.1 cm³/mol. The molecule has 0 spiro atoms. The normalized spacial score (nSPS) is 13.9. The molecule has 1 atom stereocenters. The summed E-state index contributed by atoms with van der Waals surface area (Å²) in [5.74, 6) is 0. The van der Waals surface area contributed by atoms with E-state index in [-0.39, 0.29) is 0 Å². The van der Waals surface area contributed by atoms with Gasteiger partial charge < -0.3 is 8.85 Å². The number of benzene rings is 1. The molecule has 0 heterocycles. The molecule has 112 valence electrons. The lowest BCUT2D eigenvalue weighted by molar-refractivity contribution is 0.178. The molecule has 20 heavy (non-hydrogen) atoms. The van der Waals surface area contributed by atoms with Gasteiger partial charge in [0.2, 0.25) is 0 Å². The zero-order valence-electron chi connectivity index (χ0n) is 13.2. The van der Waals surface area contributed by atoms with Crippen LogP contribution in [0.5, 0.6) is 0 Å². The van der Waals surface area contributed by atoms with E-state index in [9.17, 15) is 0 Å². The van der Waals surface area contributed by atoms with E-state index in [0.29, 0.717) is 0 Å². The average Bonchev–Trinajstić information content (AvgIpc) is 2.44. The van der Waals surface area contributed by atoms with Gasteiger partial charge in [0, 0.05) is 13.2 Å². The van der Waals surface area contributed by atoms with E-state index in [2.05, 4.69) is 44.3 Å². The summed E-state index contributed by atoms with van der Waals surface area (Å²) < 4.78 is 12.0. The molecule has 0 aliphatic rings. The van der Waals surface area contributed by atoms with Crippen molar-refractivity contribution in [2.45, 2.75) is 45.7 Å². The van der Waals surface area contributed by atoms with E-state index in [1.165, 1.54) is 11.1 Å². The molecule has 1 rings (SSSR count). The van der Waals surface area contributed by atoms with E-state index in [0.717, 1.165) is 38.5 Å². The number of hydrogen-bond acceptors (Lipinski definition) is 2. The molecule has 2 nitrogen and oxygen atoms in total. The van der Waals surface area contributed by atoms with Gasteiger partial charge in [-0.3, -0.25) is 0 Å². The van der Waals surface area contributed by atoms with Gasteiger partial charge in [0.05, 0.1) is 0 Å². The highest BCUT2D eigenvalue weighted by molar-refractivity contribution is 6.66. The van der Waals surface area contributed by atoms with Gasteiger partial charge in [0.15, 0.2) is 0 Å². The Morgan fingerprint density at radius 2 is 1.95 bits per heavy atom. The molecule has 0 N–H and O–H groups in total. The minimum Gasteiger partial charge on any atom is -0.395 e. The summed E-state index contributed by atoms with van der Waals surface area (Å²) in [6, 6.07) is 9.49. The summed E-state index contributed by atoms with van der Waals surface area (Å²) in [4.78, 5) is 0. The summed E-state index contributed by atoms with van der Waals surface area (Å²) in [6.07, 6.45) is 5.11. The topological polar surface area (TPSA) is 18.5 Å². The van der Waals surface area contributed by atoms with E-state index in [4.69, 9.17) is 8.85 Å². The maximum Gasteiger partial charge on any atom is 0.334 e. The third-order valence-corrected chi connectivity index (χ3v) is 6.55. The first-order valence-electron chi connectivity index (χ1n) is 7.63. The Bertz CT molecular complexity index is 398. The van der Waals surface area contributed by atoms with Gasteiger partial charge in [-0.05, 0) is 43.5 Å². The third kappa shape index (κ3) is 5.61. The second kappa shape index (κ2) is 9.11. The average molecular weight is 292 g/mol. The van der Waals surface area contributed by atoms with Crippen molar-refractivity contribution in [3.8, 4) is 0 Å². The molecule has 0 saturated heterocycles. The molecule has 0 fully saturated rings. The van der Waals surface area contributed by atoms with Crippen molar-refractivity contribution in [3.05, 3.63) is 42.0 Å². The van der Waals surface area contributed by atoms with Gasteiger partial charge in [-0.1, -0.05) is 50.3 Å². The van der Waals surface area contributed by atoms with E-state index < -0.39 is 8.56 Å². The maximum atomic E-state index is 6.10. The molecule has 0 radical (unpaired) electrons. The van der Waals surface area contributed by atoms with Crippen LogP contribution in [0, 0.1) is 0 Å². The van der Waals surface area contributed by atoms with Crippen LogP contribution in [0.1, 0.15) is 37.8 Å². The Balaban J connectivity index is 2.41. The summed E-state index contributed by atoms with van der Waals surface area (Å²) in [6.45, 7) is 11.8. The lowest BCUT2D eigenvalue weighted by Crippen LogP contribution is -2.38. The van der Waals surface area contributed by atoms with E-state index >= 15 is 0 Å². The van der Waals surface area contributed by atoms with Crippen molar-refractivity contribution in [3.63, 3.8) is 0 Å². The van der Waals surface area contributed by atoms with Crippen LogP contribution >= 0.6 is 0 Å². The van der Waals surface area contributed by atoms with Crippen molar-refractivity contribution in [2.24, 2.45) is 0 Å². The summed E-state index contributed by atoms with van der Waals surface area (Å²) in [5.41, 5.74) is 2.58. The summed E-state index contributed by atoms with van der Waals surface area (Å²) in [5, 5.41) is 0. The zero-order valence-corrected chi connectivity index (χ0v) is 14.2. The zero-order chi connectivity index (χ0) is 14.8. The highest BCUT2D eigenvalue weighted by Crippen LogP contribution is 2.17. The fraction of sp³-hybridized carbons (Fsp3) is 0.529. The van der Waals surface area contributed by atoms with Gasteiger partial charge in [0.25, 0.3) is 0 Å². The van der Waals surface area contributed by atoms with Gasteiger partial charge in [-0.25, -0.2) is 0 Å². The maximum absolute atomic E-state index is 6.10. The molecule has 0 amide bonds. The molecule has 0 aromatic heterocycles. The third-order valence-electron chi connectivity index (χ3n) is 3.43. The molecule has 1 unspecified atom stereocenters. The molecule has 3 heteroatoms. The van der Waals surface area contributed by atoms with Gasteiger partial charge >= 0.3 is 8.56 Å². The van der Waals surface area contributed by atoms with Gasteiger partial charge in [-0.15, -0.1) is 0 Å². The Kier molecular flexibility index (Phi) is 7.81. The molecule has 0 aliphatic heterocycles. The molecular weight excluding hydrogens is 264 g/mol. The van der Waals surface area contributed by atoms with Crippen molar-refractivity contribution in [1.82, 2.24) is 0 Å². The Labute approximate surface area is 125 Å². The molecule has 0 bridgehead atoms. The Morgan fingerprint density at radius 3 is 2.60 bits per heavy atom. The first kappa shape index (κ1) is 17.1. The quantitative estimate of drug-likeness (QED) is 0.455. The SMILES string of the molecule is C=Cc1ccccc1CCCO[Si](C)(CCC)OCC. The van der Waals surface area contributed by atoms with Gasteiger partial charge in [-0.2, -0.15) is 0 Å². The highest BCUT2D eigenvalue weighted by atomic mass is 28.4. The van der Waals surface area contributed by atoms with Crippen LogP contribution < -0.4 is 0 Å². The Morgan fingerprint density at radius 1 is 1.20 bits per heavy atom. The lowest BCUT2D eigenvalue weighted by Gasteiger charge is -2.26. The van der Waals surface area contributed by atoms with Crippen LogP contribution in [0.4, 0.5) is 0 Å². The first-order chi connectivity index (χ1) is 9.65. The smallest absolute Gasteiger partial charge is 0.334 e. The van der Waals surface area contributed by atoms with Crippen molar-refractivity contribution < 1.29 is 8.85 Å². The summed E-state index contributed by atoms with van der Waals surface area (Å²) >= 11 is 0. The molecular formula is C17H28O2Si. The largest absolute Gasteiger partial charge is 0.395 e. The van der Waals surface area contributed by atoms with Gasteiger partial charge in [0.1, 0.15) is 0 Å². The fourth-order valence-electron chi connectivity index (χ4n) is 2.46. The molecule has 0 aliphatic carbocycles. The van der Waals surface area contributed by atoms with Crippen molar-refractivity contribution >= 4 is 14.6 Å². The minimum absolute atomic E-state index is 0.752. The lowest BCUT2D eigenvalue weighted by atomic mass is 10.0. The molecule has 0 saturated carbocycles. The predicted octanol–water partition coefficient (Wildman–Crippen LogP) is 4.80.